The van der Waals surface area contributed by atoms with Gasteiger partial charge in [-0.1, -0.05) is 6.07 Å². The lowest BCUT2D eigenvalue weighted by atomic mass is 10.1. The summed E-state index contributed by atoms with van der Waals surface area (Å²) in [7, 11) is 2.02. The maximum Gasteiger partial charge on any atom is 0.134 e. The summed E-state index contributed by atoms with van der Waals surface area (Å²) in [6.45, 7) is 4.27. The molecular formula is C15H19NO. The molecule has 1 N–H and O–H groups in total. The highest BCUT2D eigenvalue weighted by Gasteiger charge is 2.33. The molecule has 1 aromatic heterocycles. The van der Waals surface area contributed by atoms with E-state index in [-0.39, 0.29) is 0 Å². The standard InChI is InChI=1S/C15H19NO/c1-9-6-10(2)12-8-14(17-13(12)7-9)15(16-3)11-4-5-11/h6-8,11,15-16H,4-5H2,1-3H3. The van der Waals surface area contributed by atoms with Crippen molar-refractivity contribution in [2.24, 2.45) is 5.92 Å². The zero-order valence-corrected chi connectivity index (χ0v) is 10.7. The summed E-state index contributed by atoms with van der Waals surface area (Å²) in [5, 5.41) is 4.64. The Morgan fingerprint density at radius 3 is 2.65 bits per heavy atom. The minimum absolute atomic E-state index is 0.391. The highest BCUT2D eigenvalue weighted by atomic mass is 16.3. The van der Waals surface area contributed by atoms with Gasteiger partial charge >= 0.3 is 0 Å². The molecule has 0 aliphatic heterocycles. The zero-order valence-electron chi connectivity index (χ0n) is 10.7. The van der Waals surface area contributed by atoms with Crippen LogP contribution in [0, 0.1) is 19.8 Å². The molecule has 1 heterocycles. The molecule has 0 bridgehead atoms. The van der Waals surface area contributed by atoms with Gasteiger partial charge in [-0.25, -0.2) is 0 Å². The van der Waals surface area contributed by atoms with Gasteiger partial charge in [0.15, 0.2) is 0 Å². The van der Waals surface area contributed by atoms with Crippen molar-refractivity contribution in [3.8, 4) is 0 Å². The maximum absolute atomic E-state index is 6.02. The second-order valence-corrected chi connectivity index (χ2v) is 5.25. The molecule has 0 spiro atoms. The number of benzene rings is 1. The third kappa shape index (κ3) is 1.87. The molecule has 1 atom stereocenters. The van der Waals surface area contributed by atoms with E-state index in [4.69, 9.17) is 4.42 Å². The van der Waals surface area contributed by atoms with Gasteiger partial charge in [-0.2, -0.15) is 0 Å². The molecule has 1 saturated carbocycles. The van der Waals surface area contributed by atoms with Crippen molar-refractivity contribution >= 4 is 11.0 Å². The van der Waals surface area contributed by atoms with Gasteiger partial charge in [-0.3, -0.25) is 0 Å². The van der Waals surface area contributed by atoms with E-state index in [0.717, 1.165) is 17.3 Å². The summed E-state index contributed by atoms with van der Waals surface area (Å²) in [6.07, 6.45) is 2.64. The van der Waals surface area contributed by atoms with E-state index >= 15 is 0 Å². The first-order valence-corrected chi connectivity index (χ1v) is 6.37. The Balaban J connectivity index is 2.09. The summed E-state index contributed by atoms with van der Waals surface area (Å²) in [5.41, 5.74) is 3.60. The lowest BCUT2D eigenvalue weighted by Gasteiger charge is -2.11. The van der Waals surface area contributed by atoms with Crippen LogP contribution in [0.5, 0.6) is 0 Å². The average Bonchev–Trinajstić information content (AvgIpc) is 3.00. The first-order valence-electron chi connectivity index (χ1n) is 6.37. The van der Waals surface area contributed by atoms with Crippen LogP contribution in [0.3, 0.4) is 0 Å². The monoisotopic (exact) mass is 229 g/mol. The molecule has 1 aliphatic rings. The van der Waals surface area contributed by atoms with Crippen molar-refractivity contribution in [1.29, 1.82) is 0 Å². The van der Waals surface area contributed by atoms with Crippen LogP contribution in [-0.2, 0) is 0 Å². The molecule has 1 aromatic carbocycles. The predicted octanol–water partition coefficient (Wildman–Crippen LogP) is 3.72. The molecule has 90 valence electrons. The molecule has 1 aliphatic carbocycles. The fraction of sp³-hybridized carbons (Fsp3) is 0.467. The Hall–Kier alpha value is -1.28. The number of hydrogen-bond donors (Lipinski definition) is 1. The quantitative estimate of drug-likeness (QED) is 0.867. The number of nitrogens with one attached hydrogen (secondary N) is 1. The van der Waals surface area contributed by atoms with E-state index in [0.29, 0.717) is 6.04 Å². The van der Waals surface area contributed by atoms with E-state index < -0.39 is 0 Å². The van der Waals surface area contributed by atoms with E-state index in [9.17, 15) is 0 Å². The lowest BCUT2D eigenvalue weighted by molar-refractivity contribution is 0.419. The minimum Gasteiger partial charge on any atom is -0.459 e. The van der Waals surface area contributed by atoms with E-state index in [1.165, 1.54) is 29.4 Å². The van der Waals surface area contributed by atoms with Crippen molar-refractivity contribution in [2.45, 2.75) is 32.7 Å². The molecule has 2 aromatic rings. The van der Waals surface area contributed by atoms with Crippen LogP contribution >= 0.6 is 0 Å². The van der Waals surface area contributed by atoms with Crippen LogP contribution in [0.15, 0.2) is 22.6 Å². The molecule has 17 heavy (non-hydrogen) atoms. The van der Waals surface area contributed by atoms with Crippen LogP contribution < -0.4 is 5.32 Å². The Morgan fingerprint density at radius 2 is 2.00 bits per heavy atom. The fourth-order valence-electron chi connectivity index (χ4n) is 2.70. The molecule has 2 nitrogen and oxygen atoms in total. The van der Waals surface area contributed by atoms with E-state index in [1.54, 1.807) is 0 Å². The number of furan rings is 1. The molecule has 0 amide bonds. The minimum atomic E-state index is 0.391. The normalized spacial score (nSPS) is 17.6. The molecule has 1 unspecified atom stereocenters. The van der Waals surface area contributed by atoms with Gasteiger partial charge in [0, 0.05) is 5.39 Å². The third-order valence-electron chi connectivity index (χ3n) is 3.72. The fourth-order valence-corrected chi connectivity index (χ4v) is 2.70. The summed E-state index contributed by atoms with van der Waals surface area (Å²) in [4.78, 5) is 0. The largest absolute Gasteiger partial charge is 0.459 e. The Bertz CT molecular complexity index is 551. The zero-order chi connectivity index (χ0) is 12.0. The third-order valence-corrected chi connectivity index (χ3v) is 3.72. The first-order chi connectivity index (χ1) is 8.19. The Kier molecular flexibility index (Phi) is 2.48. The van der Waals surface area contributed by atoms with Crippen molar-refractivity contribution in [2.75, 3.05) is 7.05 Å². The summed E-state index contributed by atoms with van der Waals surface area (Å²) >= 11 is 0. The topological polar surface area (TPSA) is 25.2 Å². The second-order valence-electron chi connectivity index (χ2n) is 5.25. The number of fused-ring (bicyclic) bond motifs is 1. The highest BCUT2D eigenvalue weighted by Crippen LogP contribution is 2.42. The van der Waals surface area contributed by atoms with Gasteiger partial charge in [-0.05, 0) is 62.9 Å². The second kappa shape index (κ2) is 3.88. The van der Waals surface area contributed by atoms with Gasteiger partial charge in [0.25, 0.3) is 0 Å². The maximum atomic E-state index is 6.02. The van der Waals surface area contributed by atoms with E-state index in [2.05, 4.69) is 37.4 Å². The molecular weight excluding hydrogens is 210 g/mol. The summed E-state index contributed by atoms with van der Waals surface area (Å²) in [6, 6.07) is 6.95. The number of aryl methyl sites for hydroxylation is 2. The van der Waals surface area contributed by atoms with Crippen molar-refractivity contribution in [3.63, 3.8) is 0 Å². The van der Waals surface area contributed by atoms with Gasteiger partial charge in [0.1, 0.15) is 11.3 Å². The highest BCUT2D eigenvalue weighted by molar-refractivity contribution is 5.82. The van der Waals surface area contributed by atoms with Gasteiger partial charge < -0.3 is 9.73 Å². The Morgan fingerprint density at radius 1 is 1.24 bits per heavy atom. The predicted molar refractivity (Wildman–Crippen MR) is 70.2 cm³/mol. The van der Waals surface area contributed by atoms with Crippen LogP contribution in [0.25, 0.3) is 11.0 Å². The number of hydrogen-bond acceptors (Lipinski definition) is 2. The van der Waals surface area contributed by atoms with Crippen LogP contribution in [0.1, 0.15) is 35.8 Å². The van der Waals surface area contributed by atoms with Gasteiger partial charge in [0.05, 0.1) is 6.04 Å². The molecule has 0 saturated heterocycles. The van der Waals surface area contributed by atoms with Gasteiger partial charge in [-0.15, -0.1) is 0 Å². The van der Waals surface area contributed by atoms with Gasteiger partial charge in [0.2, 0.25) is 0 Å². The molecule has 0 radical (unpaired) electrons. The SMILES string of the molecule is CNC(c1cc2c(C)cc(C)cc2o1)C1CC1. The Labute approximate surface area is 102 Å². The van der Waals surface area contributed by atoms with Crippen LogP contribution in [-0.4, -0.2) is 7.05 Å². The van der Waals surface area contributed by atoms with Crippen molar-refractivity contribution in [1.82, 2.24) is 5.32 Å². The average molecular weight is 229 g/mol. The van der Waals surface area contributed by atoms with Crippen LogP contribution in [0.4, 0.5) is 0 Å². The molecule has 2 heteroatoms. The number of rotatable bonds is 3. The van der Waals surface area contributed by atoms with Crippen molar-refractivity contribution < 1.29 is 4.42 Å². The smallest absolute Gasteiger partial charge is 0.134 e. The lowest BCUT2D eigenvalue weighted by Crippen LogP contribution is -2.17. The first kappa shape index (κ1) is 10.8. The summed E-state index contributed by atoms with van der Waals surface area (Å²) < 4.78 is 6.02. The van der Waals surface area contributed by atoms with E-state index in [1.807, 2.05) is 7.05 Å². The molecule has 1 fully saturated rings. The molecule has 3 rings (SSSR count). The summed E-state index contributed by atoms with van der Waals surface area (Å²) in [5.74, 6) is 1.86. The van der Waals surface area contributed by atoms with Crippen LogP contribution in [0.2, 0.25) is 0 Å². The van der Waals surface area contributed by atoms with Crippen molar-refractivity contribution in [3.05, 3.63) is 35.1 Å².